The SMILES string of the molecule is Cc1[nH]nc(C(F)(F)F)c1NC(=O)Cn1cc(Br)cn1. The first kappa shape index (κ1) is 14.6. The number of hydrogen-bond acceptors (Lipinski definition) is 3. The molecule has 10 heteroatoms. The van der Waals surface area contributed by atoms with Crippen LogP contribution < -0.4 is 5.32 Å². The Morgan fingerprint density at radius 2 is 2.25 bits per heavy atom. The average Bonchev–Trinajstić information content (AvgIpc) is 2.86. The molecule has 20 heavy (non-hydrogen) atoms. The second kappa shape index (κ2) is 5.27. The zero-order chi connectivity index (χ0) is 14.9. The van der Waals surface area contributed by atoms with Crippen molar-refractivity contribution >= 4 is 27.5 Å². The number of carbonyl (C=O) groups is 1. The van der Waals surface area contributed by atoms with Crippen LogP contribution in [0.5, 0.6) is 0 Å². The van der Waals surface area contributed by atoms with Gasteiger partial charge in [-0.1, -0.05) is 0 Å². The summed E-state index contributed by atoms with van der Waals surface area (Å²) in [5.41, 5.74) is -1.38. The van der Waals surface area contributed by atoms with E-state index >= 15 is 0 Å². The van der Waals surface area contributed by atoms with Crippen LogP contribution >= 0.6 is 15.9 Å². The number of carbonyl (C=O) groups excluding carboxylic acids is 1. The Kier molecular flexibility index (Phi) is 3.84. The van der Waals surface area contributed by atoms with Crippen molar-refractivity contribution in [2.45, 2.75) is 19.6 Å². The molecule has 2 aromatic rings. The lowest BCUT2D eigenvalue weighted by atomic mass is 10.3. The quantitative estimate of drug-likeness (QED) is 0.890. The molecule has 108 valence electrons. The van der Waals surface area contributed by atoms with E-state index in [1.54, 1.807) is 0 Å². The van der Waals surface area contributed by atoms with Crippen molar-refractivity contribution in [2.24, 2.45) is 0 Å². The van der Waals surface area contributed by atoms with Crippen molar-refractivity contribution in [3.05, 3.63) is 28.3 Å². The lowest BCUT2D eigenvalue weighted by molar-refractivity contribution is -0.140. The molecule has 0 bridgehead atoms. The van der Waals surface area contributed by atoms with Gasteiger partial charge in [-0.3, -0.25) is 14.6 Å². The normalized spacial score (nSPS) is 11.7. The van der Waals surface area contributed by atoms with Gasteiger partial charge in [-0.15, -0.1) is 0 Å². The second-order valence-electron chi connectivity index (χ2n) is 3.97. The molecule has 0 aliphatic rings. The highest BCUT2D eigenvalue weighted by molar-refractivity contribution is 9.10. The first-order valence-electron chi connectivity index (χ1n) is 5.37. The molecule has 0 unspecified atom stereocenters. The van der Waals surface area contributed by atoms with Crippen molar-refractivity contribution in [3.8, 4) is 0 Å². The van der Waals surface area contributed by atoms with Crippen LogP contribution in [0.2, 0.25) is 0 Å². The van der Waals surface area contributed by atoms with Gasteiger partial charge in [0.05, 0.1) is 22.1 Å². The molecule has 0 radical (unpaired) electrons. The Morgan fingerprint density at radius 3 is 2.80 bits per heavy atom. The monoisotopic (exact) mass is 351 g/mol. The molecule has 2 aromatic heterocycles. The zero-order valence-corrected chi connectivity index (χ0v) is 11.7. The molecule has 0 spiro atoms. The average molecular weight is 352 g/mol. The number of anilines is 1. The van der Waals surface area contributed by atoms with Crippen molar-refractivity contribution < 1.29 is 18.0 Å². The fourth-order valence-electron chi connectivity index (χ4n) is 1.54. The van der Waals surface area contributed by atoms with Crippen LogP contribution in [0.25, 0.3) is 0 Å². The van der Waals surface area contributed by atoms with E-state index in [1.807, 2.05) is 0 Å². The Hall–Kier alpha value is -1.84. The van der Waals surface area contributed by atoms with Crippen molar-refractivity contribution in [2.75, 3.05) is 5.32 Å². The number of amides is 1. The van der Waals surface area contributed by atoms with E-state index in [0.717, 1.165) is 0 Å². The topological polar surface area (TPSA) is 75.6 Å². The molecule has 2 rings (SSSR count). The van der Waals surface area contributed by atoms with E-state index < -0.39 is 17.8 Å². The van der Waals surface area contributed by atoms with E-state index in [2.05, 4.69) is 36.5 Å². The fraction of sp³-hybridized carbons (Fsp3) is 0.300. The number of rotatable bonds is 3. The second-order valence-corrected chi connectivity index (χ2v) is 4.89. The highest BCUT2D eigenvalue weighted by Gasteiger charge is 2.38. The summed E-state index contributed by atoms with van der Waals surface area (Å²) in [5.74, 6) is -0.629. The summed E-state index contributed by atoms with van der Waals surface area (Å²) < 4.78 is 40.0. The first-order valence-corrected chi connectivity index (χ1v) is 6.16. The number of aromatic nitrogens is 4. The van der Waals surface area contributed by atoms with Crippen LogP contribution in [-0.2, 0) is 17.5 Å². The molecule has 2 heterocycles. The predicted octanol–water partition coefficient (Wildman–Crippen LogP) is 2.33. The van der Waals surface area contributed by atoms with E-state index in [-0.39, 0.29) is 17.9 Å². The number of halogens is 4. The van der Waals surface area contributed by atoms with Gasteiger partial charge in [-0.05, 0) is 22.9 Å². The first-order chi connectivity index (χ1) is 9.27. The Bertz CT molecular complexity index is 633. The summed E-state index contributed by atoms with van der Waals surface area (Å²) in [6.07, 6.45) is -1.63. The Balaban J connectivity index is 2.14. The van der Waals surface area contributed by atoms with Crippen LogP contribution in [0.3, 0.4) is 0 Å². The number of hydrogen-bond donors (Lipinski definition) is 2. The number of nitrogens with one attached hydrogen (secondary N) is 2. The molecule has 6 nitrogen and oxygen atoms in total. The zero-order valence-electron chi connectivity index (χ0n) is 10.1. The number of nitrogens with zero attached hydrogens (tertiary/aromatic N) is 3. The Labute approximate surface area is 119 Å². The van der Waals surface area contributed by atoms with Crippen LogP contribution in [0.15, 0.2) is 16.9 Å². The molecular weight excluding hydrogens is 343 g/mol. The minimum atomic E-state index is -4.64. The van der Waals surface area contributed by atoms with Crippen LogP contribution in [-0.4, -0.2) is 25.9 Å². The fourth-order valence-corrected chi connectivity index (χ4v) is 1.87. The van der Waals surface area contributed by atoms with Gasteiger partial charge in [-0.2, -0.15) is 23.4 Å². The third kappa shape index (κ3) is 3.18. The minimum Gasteiger partial charge on any atom is -0.321 e. The molecular formula is C10H9BrF3N5O. The predicted molar refractivity (Wildman–Crippen MR) is 66.9 cm³/mol. The van der Waals surface area contributed by atoms with Gasteiger partial charge in [0.25, 0.3) is 0 Å². The lowest BCUT2D eigenvalue weighted by Crippen LogP contribution is -2.21. The highest BCUT2D eigenvalue weighted by Crippen LogP contribution is 2.34. The lowest BCUT2D eigenvalue weighted by Gasteiger charge is -2.09. The largest absolute Gasteiger partial charge is 0.437 e. The molecule has 0 aliphatic carbocycles. The van der Waals surface area contributed by atoms with Gasteiger partial charge in [0.15, 0.2) is 5.69 Å². The molecule has 2 N–H and O–H groups in total. The van der Waals surface area contributed by atoms with Gasteiger partial charge >= 0.3 is 6.18 Å². The summed E-state index contributed by atoms with van der Waals surface area (Å²) >= 11 is 3.15. The number of H-pyrrole nitrogens is 1. The van der Waals surface area contributed by atoms with Gasteiger partial charge in [0.2, 0.25) is 5.91 Å². The third-order valence-electron chi connectivity index (χ3n) is 2.39. The summed E-state index contributed by atoms with van der Waals surface area (Å²) in [7, 11) is 0. The number of aromatic amines is 1. The summed E-state index contributed by atoms with van der Waals surface area (Å²) in [4.78, 5) is 11.7. The molecule has 0 atom stereocenters. The maximum atomic E-state index is 12.7. The van der Waals surface area contributed by atoms with Crippen LogP contribution in [0.1, 0.15) is 11.4 Å². The standard InChI is InChI=1S/C10H9BrF3N5O/c1-5-8(9(18-17-5)10(12,13)14)16-7(20)4-19-3-6(11)2-15-19/h2-3H,4H2,1H3,(H,16,20)(H,17,18). The van der Waals surface area contributed by atoms with Gasteiger partial charge in [-0.25, -0.2) is 0 Å². The number of aryl methyl sites for hydroxylation is 1. The maximum absolute atomic E-state index is 12.7. The minimum absolute atomic E-state index is 0.132. The Morgan fingerprint density at radius 1 is 1.55 bits per heavy atom. The van der Waals surface area contributed by atoms with E-state index in [4.69, 9.17) is 0 Å². The molecule has 1 amide bonds. The van der Waals surface area contributed by atoms with Crippen molar-refractivity contribution in [1.82, 2.24) is 20.0 Å². The molecule has 0 aliphatic heterocycles. The molecule has 0 saturated heterocycles. The van der Waals surface area contributed by atoms with Gasteiger partial charge in [0.1, 0.15) is 6.54 Å². The van der Waals surface area contributed by atoms with Crippen molar-refractivity contribution in [3.63, 3.8) is 0 Å². The van der Waals surface area contributed by atoms with Crippen LogP contribution in [0, 0.1) is 6.92 Å². The van der Waals surface area contributed by atoms with Crippen molar-refractivity contribution in [1.29, 1.82) is 0 Å². The molecule has 0 aromatic carbocycles. The molecule has 0 saturated carbocycles. The van der Waals surface area contributed by atoms with Gasteiger partial charge < -0.3 is 5.32 Å². The third-order valence-corrected chi connectivity index (χ3v) is 2.80. The van der Waals surface area contributed by atoms with E-state index in [0.29, 0.717) is 4.47 Å². The van der Waals surface area contributed by atoms with E-state index in [9.17, 15) is 18.0 Å². The smallest absolute Gasteiger partial charge is 0.321 e. The summed E-state index contributed by atoms with van der Waals surface area (Å²) in [6.45, 7) is 1.19. The van der Waals surface area contributed by atoms with Gasteiger partial charge in [0, 0.05) is 6.20 Å². The molecule has 0 fully saturated rings. The van der Waals surface area contributed by atoms with E-state index in [1.165, 1.54) is 24.0 Å². The highest BCUT2D eigenvalue weighted by atomic mass is 79.9. The van der Waals surface area contributed by atoms with Crippen LogP contribution in [0.4, 0.5) is 18.9 Å². The summed E-state index contributed by atoms with van der Waals surface area (Å²) in [6, 6.07) is 0. The maximum Gasteiger partial charge on any atom is 0.437 e. The number of alkyl halides is 3. The summed E-state index contributed by atoms with van der Waals surface area (Å²) in [5, 5.41) is 11.4.